The maximum atomic E-state index is 8.85. The van der Waals surface area contributed by atoms with Crippen LogP contribution in [0.5, 0.6) is 0 Å². The van der Waals surface area contributed by atoms with Crippen molar-refractivity contribution in [1.29, 1.82) is 5.26 Å². The van der Waals surface area contributed by atoms with Gasteiger partial charge in [-0.05, 0) is 105 Å². The van der Waals surface area contributed by atoms with E-state index in [0.29, 0.717) is 24.3 Å². The van der Waals surface area contributed by atoms with Gasteiger partial charge in [-0.25, -0.2) is 4.68 Å². The molecule has 1 spiro atoms. The first-order chi connectivity index (χ1) is 15.7. The lowest BCUT2D eigenvalue weighted by atomic mass is 9.66. The fourth-order valence-corrected chi connectivity index (χ4v) is 5.88. The summed E-state index contributed by atoms with van der Waals surface area (Å²) in [6.07, 6.45) is 8.56. The van der Waals surface area contributed by atoms with E-state index in [2.05, 4.69) is 67.5 Å². The standard InChI is InChI=1S/C25H34BN5O2/c1-23(2)24(3,4)33-26(32-23)20-6-7-21-19(17-20)10-13-25(21)11-8-18(9-12-25)16-22-28-29-30-31(22)15-5-14-27/h6-7,17-18H,5,8-13,15-16H2,1-4H3. The molecule has 1 aliphatic heterocycles. The van der Waals surface area contributed by atoms with Gasteiger partial charge in [-0.2, -0.15) is 5.26 Å². The van der Waals surface area contributed by atoms with Crippen molar-refractivity contribution < 1.29 is 9.31 Å². The van der Waals surface area contributed by atoms with Crippen molar-refractivity contribution in [2.75, 3.05) is 0 Å². The molecule has 0 bridgehead atoms. The monoisotopic (exact) mass is 447 g/mol. The van der Waals surface area contributed by atoms with Gasteiger partial charge >= 0.3 is 7.12 Å². The Morgan fingerprint density at radius 2 is 1.85 bits per heavy atom. The number of tetrazole rings is 1. The van der Waals surface area contributed by atoms with E-state index in [4.69, 9.17) is 14.6 Å². The van der Waals surface area contributed by atoms with Crippen molar-refractivity contribution in [2.24, 2.45) is 5.92 Å². The van der Waals surface area contributed by atoms with Crippen molar-refractivity contribution in [2.45, 2.75) is 102 Å². The molecule has 1 aromatic heterocycles. The lowest BCUT2D eigenvalue weighted by molar-refractivity contribution is 0.00578. The molecule has 8 heteroatoms. The van der Waals surface area contributed by atoms with Gasteiger partial charge in [-0.1, -0.05) is 18.2 Å². The molecule has 1 saturated carbocycles. The van der Waals surface area contributed by atoms with Gasteiger partial charge < -0.3 is 9.31 Å². The smallest absolute Gasteiger partial charge is 0.399 e. The Hall–Kier alpha value is -2.24. The summed E-state index contributed by atoms with van der Waals surface area (Å²) < 4.78 is 14.4. The highest BCUT2D eigenvalue weighted by Gasteiger charge is 2.52. The van der Waals surface area contributed by atoms with E-state index < -0.39 is 0 Å². The molecule has 0 radical (unpaired) electrons. The maximum Gasteiger partial charge on any atom is 0.494 e. The molecule has 2 aliphatic carbocycles. The van der Waals surface area contributed by atoms with Crippen LogP contribution < -0.4 is 5.46 Å². The summed E-state index contributed by atoms with van der Waals surface area (Å²) in [5.74, 6) is 1.53. The van der Waals surface area contributed by atoms with Crippen molar-refractivity contribution in [3.8, 4) is 6.07 Å². The zero-order valence-electron chi connectivity index (χ0n) is 20.3. The van der Waals surface area contributed by atoms with Gasteiger partial charge in [-0.3, -0.25) is 0 Å². The molecule has 5 rings (SSSR count). The molecule has 7 nitrogen and oxygen atoms in total. The average molecular weight is 447 g/mol. The van der Waals surface area contributed by atoms with Crippen LogP contribution in [-0.4, -0.2) is 38.5 Å². The highest BCUT2D eigenvalue weighted by molar-refractivity contribution is 6.62. The fourth-order valence-electron chi connectivity index (χ4n) is 5.88. The molecule has 33 heavy (non-hydrogen) atoms. The third kappa shape index (κ3) is 4.00. The van der Waals surface area contributed by atoms with Gasteiger partial charge in [-0.15, -0.1) is 5.10 Å². The van der Waals surface area contributed by atoms with Gasteiger partial charge in [0.1, 0.15) is 0 Å². The summed E-state index contributed by atoms with van der Waals surface area (Å²) >= 11 is 0. The van der Waals surface area contributed by atoms with E-state index in [0.717, 1.165) is 24.1 Å². The summed E-state index contributed by atoms with van der Waals surface area (Å²) in [7, 11) is -0.292. The van der Waals surface area contributed by atoms with Crippen LogP contribution in [-0.2, 0) is 34.1 Å². The zero-order valence-corrected chi connectivity index (χ0v) is 20.3. The second kappa shape index (κ2) is 8.21. The van der Waals surface area contributed by atoms with Crippen LogP contribution in [0.1, 0.15) is 83.2 Å². The van der Waals surface area contributed by atoms with Crippen LogP contribution in [0.2, 0.25) is 0 Å². The summed E-state index contributed by atoms with van der Waals surface area (Å²) in [5, 5.41) is 21.0. The van der Waals surface area contributed by atoms with Crippen LogP contribution in [0, 0.1) is 17.2 Å². The van der Waals surface area contributed by atoms with Crippen molar-refractivity contribution in [3.05, 3.63) is 35.2 Å². The van der Waals surface area contributed by atoms with Crippen LogP contribution >= 0.6 is 0 Å². The third-order valence-corrected chi connectivity index (χ3v) is 8.67. The van der Waals surface area contributed by atoms with Crippen LogP contribution in [0.15, 0.2) is 18.2 Å². The molecular formula is C25H34BN5O2. The Morgan fingerprint density at radius 3 is 2.55 bits per heavy atom. The Bertz CT molecular complexity index is 1050. The van der Waals surface area contributed by atoms with Gasteiger partial charge in [0.25, 0.3) is 0 Å². The predicted octanol–water partition coefficient (Wildman–Crippen LogP) is 3.50. The summed E-state index contributed by atoms with van der Waals surface area (Å²) in [4.78, 5) is 0. The Morgan fingerprint density at radius 1 is 1.12 bits per heavy atom. The third-order valence-electron chi connectivity index (χ3n) is 8.67. The van der Waals surface area contributed by atoms with Gasteiger partial charge in [0.2, 0.25) is 0 Å². The molecule has 0 unspecified atom stereocenters. The highest BCUT2D eigenvalue weighted by Crippen LogP contribution is 2.50. The van der Waals surface area contributed by atoms with Crippen LogP contribution in [0.25, 0.3) is 0 Å². The Kier molecular flexibility index (Phi) is 5.61. The van der Waals surface area contributed by atoms with Crippen molar-refractivity contribution in [1.82, 2.24) is 20.2 Å². The quantitative estimate of drug-likeness (QED) is 0.653. The minimum Gasteiger partial charge on any atom is -0.399 e. The van der Waals surface area contributed by atoms with Gasteiger partial charge in [0, 0.05) is 6.42 Å². The van der Waals surface area contributed by atoms with E-state index in [9.17, 15) is 0 Å². The summed E-state index contributed by atoms with van der Waals surface area (Å²) in [6.45, 7) is 9.01. The first kappa shape index (κ1) is 22.6. The highest BCUT2D eigenvalue weighted by atomic mass is 16.7. The van der Waals surface area contributed by atoms with E-state index in [1.807, 2.05) is 0 Å². The van der Waals surface area contributed by atoms with Gasteiger partial charge in [0.15, 0.2) is 5.82 Å². The Balaban J connectivity index is 1.25. The molecule has 174 valence electrons. The Labute approximate surface area is 197 Å². The molecule has 0 N–H and O–H groups in total. The zero-order chi connectivity index (χ0) is 23.3. The number of hydrogen-bond donors (Lipinski definition) is 0. The van der Waals surface area contributed by atoms with Crippen LogP contribution in [0.4, 0.5) is 0 Å². The first-order valence-corrected chi connectivity index (χ1v) is 12.3. The number of nitriles is 1. The number of benzene rings is 1. The second-order valence-corrected chi connectivity index (χ2v) is 11.2. The van der Waals surface area contributed by atoms with Crippen molar-refractivity contribution >= 4 is 12.6 Å². The lowest BCUT2D eigenvalue weighted by Gasteiger charge is -2.38. The topological polar surface area (TPSA) is 85.9 Å². The SMILES string of the molecule is CC1(C)OB(c2ccc3c(c2)CCC32CCC(Cc3nnnn3CCC#N)CC2)OC1(C)C. The minimum absolute atomic E-state index is 0.292. The normalized spacial score (nSPS) is 27.6. The van der Waals surface area contributed by atoms with E-state index >= 15 is 0 Å². The molecule has 2 heterocycles. The molecule has 0 atom stereocenters. The first-order valence-electron chi connectivity index (χ1n) is 12.3. The number of aromatic nitrogens is 4. The summed E-state index contributed by atoms with van der Waals surface area (Å²) in [5.41, 5.74) is 3.84. The largest absolute Gasteiger partial charge is 0.494 e. The maximum absolute atomic E-state index is 8.85. The number of hydrogen-bond acceptors (Lipinski definition) is 6. The number of fused-ring (bicyclic) bond motifs is 2. The summed E-state index contributed by atoms with van der Waals surface area (Å²) in [6, 6.07) is 9.09. The van der Waals surface area contributed by atoms with E-state index in [-0.39, 0.29) is 18.3 Å². The fraction of sp³-hybridized carbons (Fsp3) is 0.680. The lowest BCUT2D eigenvalue weighted by Crippen LogP contribution is -2.41. The molecule has 0 amide bonds. The van der Waals surface area contributed by atoms with Crippen molar-refractivity contribution in [3.63, 3.8) is 0 Å². The predicted molar refractivity (Wildman–Crippen MR) is 126 cm³/mol. The van der Waals surface area contributed by atoms with E-state index in [1.54, 1.807) is 10.2 Å². The molecule has 2 fully saturated rings. The second-order valence-electron chi connectivity index (χ2n) is 11.2. The minimum atomic E-state index is -0.315. The number of rotatable bonds is 5. The number of nitrogens with zero attached hydrogens (tertiary/aromatic N) is 5. The molecule has 3 aliphatic rings. The van der Waals surface area contributed by atoms with Gasteiger partial charge in [0.05, 0.1) is 30.2 Å². The number of aryl methyl sites for hydroxylation is 2. The van der Waals surface area contributed by atoms with E-state index in [1.165, 1.54) is 37.7 Å². The average Bonchev–Trinajstić information content (AvgIpc) is 3.43. The molecule has 1 aromatic carbocycles. The molecule has 2 aromatic rings. The molecular weight excluding hydrogens is 413 g/mol. The van der Waals surface area contributed by atoms with Crippen LogP contribution in [0.3, 0.4) is 0 Å². The molecule has 1 saturated heterocycles.